The number of amides is 1. The van der Waals surface area contributed by atoms with Crippen molar-refractivity contribution >= 4 is 32.6 Å². The molecule has 1 heterocycles. The van der Waals surface area contributed by atoms with Crippen molar-refractivity contribution in [1.29, 1.82) is 0 Å². The average molecular weight is 384 g/mol. The number of halogens is 1. The monoisotopic (exact) mass is 383 g/mol. The molecule has 0 radical (unpaired) electrons. The van der Waals surface area contributed by atoms with Crippen LogP contribution < -0.4 is 11.1 Å². The number of fused-ring (bicyclic) bond motifs is 1. The highest BCUT2D eigenvalue weighted by Gasteiger charge is 2.15. The van der Waals surface area contributed by atoms with Gasteiger partial charge in [-0.15, -0.1) is 0 Å². The van der Waals surface area contributed by atoms with E-state index in [4.69, 9.17) is 5.73 Å². The Bertz CT molecular complexity index is 866. The summed E-state index contributed by atoms with van der Waals surface area (Å²) in [4.78, 5) is 16.7. The Labute approximate surface area is 149 Å². The van der Waals surface area contributed by atoms with Crippen molar-refractivity contribution in [2.75, 3.05) is 6.54 Å². The van der Waals surface area contributed by atoms with Crippen LogP contribution in [-0.2, 0) is 0 Å². The Morgan fingerprint density at radius 2 is 2.04 bits per heavy atom. The molecular formula is C19H18BrN3O. The van der Waals surface area contributed by atoms with E-state index in [1.807, 2.05) is 48.5 Å². The first kappa shape index (κ1) is 16.6. The van der Waals surface area contributed by atoms with Crippen molar-refractivity contribution in [3.8, 4) is 0 Å². The second-order valence-electron chi connectivity index (χ2n) is 5.60. The molecule has 3 aromatic rings. The van der Waals surface area contributed by atoms with Gasteiger partial charge >= 0.3 is 0 Å². The van der Waals surface area contributed by atoms with E-state index < -0.39 is 0 Å². The molecule has 1 aromatic heterocycles. The predicted molar refractivity (Wildman–Crippen MR) is 99.8 cm³/mol. The fourth-order valence-electron chi connectivity index (χ4n) is 2.68. The Balaban J connectivity index is 1.84. The number of aromatic nitrogens is 1. The SMILES string of the molecule is NCCC(NC(=O)c1ccc2cnccc2c1)c1cccc(Br)c1. The summed E-state index contributed by atoms with van der Waals surface area (Å²) < 4.78 is 0.981. The molecule has 0 fully saturated rings. The molecule has 0 aliphatic carbocycles. The fraction of sp³-hybridized carbons (Fsp3) is 0.158. The number of hydrogen-bond acceptors (Lipinski definition) is 3. The first-order valence-electron chi connectivity index (χ1n) is 7.77. The maximum absolute atomic E-state index is 12.7. The summed E-state index contributed by atoms with van der Waals surface area (Å²) in [5.74, 6) is -0.105. The third kappa shape index (κ3) is 3.80. The van der Waals surface area contributed by atoms with Crippen LogP contribution in [0.1, 0.15) is 28.4 Å². The first-order chi connectivity index (χ1) is 11.7. The number of hydrogen-bond donors (Lipinski definition) is 2. The van der Waals surface area contributed by atoms with Crippen LogP contribution in [-0.4, -0.2) is 17.4 Å². The van der Waals surface area contributed by atoms with E-state index in [1.54, 1.807) is 12.4 Å². The van der Waals surface area contributed by atoms with Crippen LogP contribution in [0.15, 0.2) is 65.4 Å². The Morgan fingerprint density at radius 1 is 1.17 bits per heavy atom. The van der Waals surface area contributed by atoms with Gasteiger partial charge in [0.1, 0.15) is 0 Å². The van der Waals surface area contributed by atoms with E-state index in [0.29, 0.717) is 18.5 Å². The van der Waals surface area contributed by atoms with Crippen LogP contribution in [0.4, 0.5) is 0 Å². The number of benzene rings is 2. The summed E-state index contributed by atoms with van der Waals surface area (Å²) in [5.41, 5.74) is 7.39. The molecule has 24 heavy (non-hydrogen) atoms. The Morgan fingerprint density at radius 3 is 2.83 bits per heavy atom. The Hall–Kier alpha value is -2.24. The third-order valence-electron chi connectivity index (χ3n) is 3.91. The van der Waals surface area contributed by atoms with Crippen molar-refractivity contribution in [3.63, 3.8) is 0 Å². The van der Waals surface area contributed by atoms with Gasteiger partial charge in [-0.05, 0) is 54.2 Å². The summed E-state index contributed by atoms with van der Waals surface area (Å²) in [5, 5.41) is 5.10. The maximum Gasteiger partial charge on any atom is 0.251 e. The second-order valence-corrected chi connectivity index (χ2v) is 6.51. The number of nitrogens with zero attached hydrogens (tertiary/aromatic N) is 1. The van der Waals surface area contributed by atoms with Crippen LogP contribution in [0.2, 0.25) is 0 Å². The minimum atomic E-state index is -0.117. The average Bonchev–Trinajstić information content (AvgIpc) is 2.61. The molecular weight excluding hydrogens is 366 g/mol. The van der Waals surface area contributed by atoms with E-state index in [1.165, 1.54) is 0 Å². The van der Waals surface area contributed by atoms with Crippen LogP contribution in [0.25, 0.3) is 10.8 Å². The lowest BCUT2D eigenvalue weighted by molar-refractivity contribution is 0.0935. The number of carbonyl (C=O) groups is 1. The molecule has 0 saturated carbocycles. The highest BCUT2D eigenvalue weighted by Crippen LogP contribution is 2.22. The van der Waals surface area contributed by atoms with Crippen molar-refractivity contribution < 1.29 is 4.79 Å². The topological polar surface area (TPSA) is 68.0 Å². The summed E-state index contributed by atoms with van der Waals surface area (Å²) in [7, 11) is 0. The fourth-order valence-corrected chi connectivity index (χ4v) is 3.10. The summed E-state index contributed by atoms with van der Waals surface area (Å²) in [6, 6.07) is 15.3. The molecule has 3 N–H and O–H groups in total. The minimum Gasteiger partial charge on any atom is -0.345 e. The number of carbonyl (C=O) groups excluding carboxylic acids is 1. The largest absolute Gasteiger partial charge is 0.345 e. The highest BCUT2D eigenvalue weighted by molar-refractivity contribution is 9.10. The lowest BCUT2D eigenvalue weighted by Crippen LogP contribution is -2.30. The molecule has 0 aliphatic rings. The van der Waals surface area contributed by atoms with Crippen molar-refractivity contribution in [1.82, 2.24) is 10.3 Å². The number of pyridine rings is 1. The van der Waals surface area contributed by atoms with Crippen LogP contribution in [0.3, 0.4) is 0 Å². The van der Waals surface area contributed by atoms with Crippen molar-refractivity contribution in [2.24, 2.45) is 5.73 Å². The van der Waals surface area contributed by atoms with Gasteiger partial charge in [-0.2, -0.15) is 0 Å². The molecule has 0 bridgehead atoms. The minimum absolute atomic E-state index is 0.105. The predicted octanol–water partition coefficient (Wildman–Crippen LogP) is 3.82. The molecule has 1 amide bonds. The van der Waals surface area contributed by atoms with Gasteiger partial charge < -0.3 is 11.1 Å². The van der Waals surface area contributed by atoms with E-state index >= 15 is 0 Å². The molecule has 1 unspecified atom stereocenters. The van der Waals surface area contributed by atoms with Gasteiger partial charge in [0.25, 0.3) is 5.91 Å². The highest BCUT2D eigenvalue weighted by atomic mass is 79.9. The molecule has 4 nitrogen and oxygen atoms in total. The first-order valence-corrected chi connectivity index (χ1v) is 8.57. The van der Waals surface area contributed by atoms with E-state index in [0.717, 1.165) is 20.8 Å². The summed E-state index contributed by atoms with van der Waals surface area (Å²) >= 11 is 3.47. The second kappa shape index (κ2) is 7.55. The zero-order chi connectivity index (χ0) is 16.9. The standard InChI is InChI=1S/C19H18BrN3O/c20-17-3-1-2-14(11-17)18(6-8-21)23-19(24)15-4-5-16-12-22-9-7-13(16)10-15/h1-5,7,9-12,18H,6,8,21H2,(H,23,24). The zero-order valence-corrected chi connectivity index (χ0v) is 14.7. The van der Waals surface area contributed by atoms with Crippen LogP contribution >= 0.6 is 15.9 Å². The molecule has 2 aromatic carbocycles. The molecule has 0 spiro atoms. The van der Waals surface area contributed by atoms with Crippen LogP contribution in [0, 0.1) is 0 Å². The lowest BCUT2D eigenvalue weighted by Gasteiger charge is -2.19. The van der Waals surface area contributed by atoms with Gasteiger partial charge in [0.2, 0.25) is 0 Å². The van der Waals surface area contributed by atoms with Gasteiger partial charge in [-0.3, -0.25) is 9.78 Å². The zero-order valence-electron chi connectivity index (χ0n) is 13.1. The normalized spacial score (nSPS) is 12.1. The van der Waals surface area contributed by atoms with E-state index in [-0.39, 0.29) is 11.9 Å². The number of rotatable bonds is 5. The molecule has 122 valence electrons. The third-order valence-corrected chi connectivity index (χ3v) is 4.41. The lowest BCUT2D eigenvalue weighted by atomic mass is 10.0. The van der Waals surface area contributed by atoms with Gasteiger partial charge in [0.05, 0.1) is 6.04 Å². The van der Waals surface area contributed by atoms with Crippen LogP contribution in [0.5, 0.6) is 0 Å². The quantitative estimate of drug-likeness (QED) is 0.703. The molecule has 3 rings (SSSR count). The molecule has 1 atom stereocenters. The van der Waals surface area contributed by atoms with Crippen molar-refractivity contribution in [3.05, 3.63) is 76.5 Å². The van der Waals surface area contributed by atoms with Gasteiger partial charge in [0.15, 0.2) is 0 Å². The molecule has 0 saturated heterocycles. The van der Waals surface area contributed by atoms with Gasteiger partial charge in [0, 0.05) is 27.8 Å². The van der Waals surface area contributed by atoms with E-state index in [9.17, 15) is 4.79 Å². The van der Waals surface area contributed by atoms with Gasteiger partial charge in [-0.25, -0.2) is 0 Å². The number of nitrogens with one attached hydrogen (secondary N) is 1. The van der Waals surface area contributed by atoms with E-state index in [2.05, 4.69) is 26.2 Å². The van der Waals surface area contributed by atoms with Crippen molar-refractivity contribution in [2.45, 2.75) is 12.5 Å². The number of nitrogens with two attached hydrogens (primary N) is 1. The Kier molecular flexibility index (Phi) is 5.23. The molecule has 5 heteroatoms. The summed E-state index contributed by atoms with van der Waals surface area (Å²) in [6.45, 7) is 0.501. The van der Waals surface area contributed by atoms with Gasteiger partial charge in [-0.1, -0.05) is 34.1 Å². The molecule has 0 aliphatic heterocycles. The maximum atomic E-state index is 12.7. The summed E-state index contributed by atoms with van der Waals surface area (Å²) in [6.07, 6.45) is 4.19. The smallest absolute Gasteiger partial charge is 0.251 e.